The maximum atomic E-state index is 14.2. The van der Waals surface area contributed by atoms with Crippen LogP contribution in [0.3, 0.4) is 0 Å². The number of halogens is 12. The van der Waals surface area contributed by atoms with E-state index >= 15 is 0 Å². The molecule has 15 heteroatoms. The number of hydrogen-bond acceptors (Lipinski definition) is 3. The van der Waals surface area contributed by atoms with Crippen LogP contribution in [0.4, 0.5) is 52.7 Å². The first-order valence-corrected chi connectivity index (χ1v) is 18.5. The summed E-state index contributed by atoms with van der Waals surface area (Å²) in [6.45, 7) is 6.44. The molecule has 0 spiro atoms. The zero-order valence-electron chi connectivity index (χ0n) is 31.1. The average molecular weight is 818 g/mol. The lowest BCUT2D eigenvalue weighted by molar-refractivity contribution is -0.144. The maximum absolute atomic E-state index is 14.2. The smallest absolute Gasteiger partial charge is 0.416 e. The molecule has 2 aliphatic rings. The second kappa shape index (κ2) is 15.7. The lowest BCUT2D eigenvalue weighted by Gasteiger charge is -2.30. The van der Waals surface area contributed by atoms with Crippen molar-refractivity contribution in [2.45, 2.75) is 84.2 Å². The van der Waals surface area contributed by atoms with Gasteiger partial charge in [-0.1, -0.05) is 45.7 Å². The molecule has 0 saturated heterocycles. The van der Waals surface area contributed by atoms with Crippen LogP contribution in [0.15, 0.2) is 60.7 Å². The van der Waals surface area contributed by atoms with Crippen molar-refractivity contribution in [2.24, 2.45) is 11.8 Å². The molecule has 2 atom stereocenters. The van der Waals surface area contributed by atoms with Crippen molar-refractivity contribution in [2.75, 3.05) is 19.8 Å². The first-order valence-electron chi connectivity index (χ1n) is 18.5. The number of hydrogen-bond donors (Lipinski definition) is 0. The summed E-state index contributed by atoms with van der Waals surface area (Å²) in [6.07, 6.45) is -18.1. The normalized spacial score (nSPS) is 16.5. The topological polar surface area (TPSA) is 21.7 Å². The van der Waals surface area contributed by atoms with Crippen LogP contribution in [0.2, 0.25) is 0 Å². The fourth-order valence-electron chi connectivity index (χ4n) is 7.71. The van der Waals surface area contributed by atoms with Gasteiger partial charge < -0.3 is 9.47 Å². The van der Waals surface area contributed by atoms with E-state index in [2.05, 4.69) is 0 Å². The second-order valence-electron chi connectivity index (χ2n) is 14.6. The summed E-state index contributed by atoms with van der Waals surface area (Å²) in [4.78, 5) is 1.89. The highest BCUT2D eigenvalue weighted by atomic mass is 19.4. The van der Waals surface area contributed by atoms with Crippen molar-refractivity contribution in [3.05, 3.63) is 94.0 Å². The van der Waals surface area contributed by atoms with E-state index in [0.29, 0.717) is 50.1 Å². The molecular weight excluding hydrogens is 778 g/mol. The van der Waals surface area contributed by atoms with Crippen LogP contribution in [0.5, 0.6) is 11.5 Å². The third kappa shape index (κ3) is 9.02. The van der Waals surface area contributed by atoms with Crippen LogP contribution in [0.1, 0.15) is 79.8 Å². The van der Waals surface area contributed by atoms with Crippen LogP contribution in [0.25, 0.3) is 33.4 Å². The molecule has 0 aliphatic carbocycles. The minimum absolute atomic E-state index is 0.00336. The Morgan fingerprint density at radius 1 is 0.544 bits per heavy atom. The van der Waals surface area contributed by atoms with Crippen molar-refractivity contribution >= 4 is 0 Å². The Kier molecular flexibility index (Phi) is 11.7. The van der Waals surface area contributed by atoms with Crippen molar-refractivity contribution in [3.63, 3.8) is 0 Å². The Bertz CT molecular complexity index is 1900. The third-order valence-corrected chi connectivity index (χ3v) is 10.9. The lowest BCUT2D eigenvalue weighted by atomic mass is 9.85. The molecule has 0 aromatic heterocycles. The fraction of sp³-hybridized carbons (Fsp3) is 0.429. The van der Waals surface area contributed by atoms with Gasteiger partial charge in [0.25, 0.3) is 0 Å². The number of alkyl halides is 12. The van der Waals surface area contributed by atoms with Gasteiger partial charge >= 0.3 is 24.7 Å². The SMILES string of the molecule is CCC(C)C(CC)CN1Cc2c(-c3cc(C(F)(F)F)cc(C(F)(F)F)c3)ccc3c2-c2c(ccc(-c4cc(C(F)(F)F)cc(C(F)(F)F)c4)c2C1)OCCCCO3. The number of rotatable bonds is 7. The molecule has 308 valence electrons. The van der Waals surface area contributed by atoms with Crippen molar-refractivity contribution in [1.29, 1.82) is 0 Å². The summed E-state index contributed by atoms with van der Waals surface area (Å²) in [5.74, 6) is 0.504. The van der Waals surface area contributed by atoms with Crippen LogP contribution in [-0.2, 0) is 37.8 Å². The molecule has 0 radical (unpaired) electrons. The van der Waals surface area contributed by atoms with E-state index in [1.807, 2.05) is 25.7 Å². The quantitative estimate of drug-likeness (QED) is 0.173. The third-order valence-electron chi connectivity index (χ3n) is 10.9. The van der Waals surface area contributed by atoms with Crippen molar-refractivity contribution in [3.8, 4) is 44.9 Å². The molecule has 6 rings (SSSR count). The van der Waals surface area contributed by atoms with Crippen molar-refractivity contribution in [1.82, 2.24) is 4.90 Å². The van der Waals surface area contributed by atoms with Gasteiger partial charge in [0.05, 0.1) is 35.5 Å². The molecule has 0 saturated carbocycles. The van der Waals surface area contributed by atoms with Gasteiger partial charge in [-0.15, -0.1) is 0 Å². The Labute approximate surface area is 321 Å². The number of nitrogens with zero attached hydrogens (tertiary/aromatic N) is 1. The van der Waals surface area contributed by atoms with Gasteiger partial charge in [-0.05, 0) is 107 Å². The van der Waals surface area contributed by atoms with Gasteiger partial charge in [-0.2, -0.15) is 52.7 Å². The zero-order valence-corrected chi connectivity index (χ0v) is 31.1. The Hall–Kier alpha value is -4.40. The Morgan fingerprint density at radius 2 is 0.912 bits per heavy atom. The van der Waals surface area contributed by atoms with E-state index in [1.54, 1.807) is 0 Å². The fourth-order valence-corrected chi connectivity index (χ4v) is 7.71. The predicted octanol–water partition coefficient (Wildman–Crippen LogP) is 13.7. The molecule has 3 nitrogen and oxygen atoms in total. The van der Waals surface area contributed by atoms with E-state index in [-0.39, 0.29) is 95.2 Å². The largest absolute Gasteiger partial charge is 0.493 e. The molecule has 0 bridgehead atoms. The summed E-state index contributed by atoms with van der Waals surface area (Å²) in [6, 6.07) is 8.21. The maximum Gasteiger partial charge on any atom is 0.416 e. The standard InChI is InChI=1S/C42H39F12NO2/c1-4-23(3)24(5-2)20-55-21-33-31(25-14-27(39(43,44)45)18-28(15-25)40(46,47)48)8-10-35-37(33)38-34(22-55)32(9-11-36(38)57-13-7-6-12-56-35)26-16-29(41(49,50)51)19-30(17-26)42(52,53)54/h8-11,14-19,23-24H,4-7,12-13,20-22H2,1-3H3. The first kappa shape index (κ1) is 42.2. The minimum Gasteiger partial charge on any atom is -0.493 e. The average Bonchev–Trinajstić information content (AvgIpc) is 3.30. The molecule has 57 heavy (non-hydrogen) atoms. The Morgan fingerprint density at radius 3 is 1.23 bits per heavy atom. The molecule has 2 aliphatic heterocycles. The molecule has 2 unspecified atom stereocenters. The molecule has 2 heterocycles. The van der Waals surface area contributed by atoms with Gasteiger partial charge in [0, 0.05) is 30.8 Å². The molecule has 4 aromatic carbocycles. The van der Waals surface area contributed by atoms with Crippen LogP contribution in [-0.4, -0.2) is 24.7 Å². The summed E-state index contributed by atoms with van der Waals surface area (Å²) >= 11 is 0. The summed E-state index contributed by atoms with van der Waals surface area (Å²) in [7, 11) is 0. The number of ether oxygens (including phenoxy) is 2. The summed E-state index contributed by atoms with van der Waals surface area (Å²) < 4.78 is 183. The van der Waals surface area contributed by atoms with E-state index in [1.165, 1.54) is 24.3 Å². The van der Waals surface area contributed by atoms with E-state index in [0.717, 1.165) is 6.42 Å². The first-order chi connectivity index (χ1) is 26.6. The van der Waals surface area contributed by atoms with E-state index < -0.39 is 58.1 Å². The van der Waals surface area contributed by atoms with Crippen LogP contribution in [0, 0.1) is 11.8 Å². The van der Waals surface area contributed by atoms with Gasteiger partial charge in [0.2, 0.25) is 0 Å². The van der Waals surface area contributed by atoms with Crippen LogP contribution < -0.4 is 9.47 Å². The highest BCUT2D eigenvalue weighted by Crippen LogP contribution is 2.52. The zero-order chi connectivity index (χ0) is 41.7. The highest BCUT2D eigenvalue weighted by Gasteiger charge is 2.40. The highest BCUT2D eigenvalue weighted by molar-refractivity contribution is 5.91. The molecule has 0 fully saturated rings. The second-order valence-corrected chi connectivity index (χ2v) is 14.6. The Balaban J connectivity index is 1.74. The lowest BCUT2D eigenvalue weighted by Crippen LogP contribution is -2.31. The van der Waals surface area contributed by atoms with Gasteiger partial charge in [-0.25, -0.2) is 0 Å². The van der Waals surface area contributed by atoms with Gasteiger partial charge in [0.15, 0.2) is 0 Å². The number of benzene rings is 4. The van der Waals surface area contributed by atoms with E-state index in [4.69, 9.17) is 9.47 Å². The predicted molar refractivity (Wildman–Crippen MR) is 190 cm³/mol. The van der Waals surface area contributed by atoms with Gasteiger partial charge in [-0.3, -0.25) is 4.90 Å². The van der Waals surface area contributed by atoms with Crippen molar-refractivity contribution < 1.29 is 62.2 Å². The summed E-state index contributed by atoms with van der Waals surface area (Å²) in [5.41, 5.74) is -5.91. The molecular formula is C42H39F12NO2. The molecule has 0 N–H and O–H groups in total. The molecule has 4 aromatic rings. The monoisotopic (exact) mass is 817 g/mol. The van der Waals surface area contributed by atoms with Crippen LogP contribution >= 0.6 is 0 Å². The van der Waals surface area contributed by atoms with E-state index in [9.17, 15) is 52.7 Å². The van der Waals surface area contributed by atoms with Gasteiger partial charge in [0.1, 0.15) is 11.5 Å². The summed E-state index contributed by atoms with van der Waals surface area (Å²) in [5, 5.41) is 0. The molecule has 0 amide bonds. The minimum atomic E-state index is -5.15.